The number of carbonyl (C=O) groups is 3. The number of amides is 2. The Balaban J connectivity index is 1.52. The van der Waals surface area contributed by atoms with Crippen LogP contribution in [0.3, 0.4) is 0 Å². The van der Waals surface area contributed by atoms with Gasteiger partial charge in [0.1, 0.15) is 12.1 Å². The van der Waals surface area contributed by atoms with Crippen LogP contribution in [0.4, 0.5) is 4.79 Å². The molecule has 0 bridgehead atoms. The van der Waals surface area contributed by atoms with Gasteiger partial charge < -0.3 is 25.2 Å². The molecule has 2 aromatic rings. The van der Waals surface area contributed by atoms with E-state index in [1.54, 1.807) is 6.92 Å². The fraction of sp³-hybridized carbons (Fsp3) is 0.400. The van der Waals surface area contributed by atoms with E-state index in [1.807, 2.05) is 48.5 Å². The van der Waals surface area contributed by atoms with Crippen LogP contribution in [-0.2, 0) is 14.3 Å². The molecule has 3 N–H and O–H groups in total. The fourth-order valence-electron chi connectivity index (χ4n) is 4.23. The first-order chi connectivity index (χ1) is 15.7. The molecule has 0 saturated carbocycles. The van der Waals surface area contributed by atoms with Gasteiger partial charge >= 0.3 is 12.1 Å². The van der Waals surface area contributed by atoms with Gasteiger partial charge in [-0.15, -0.1) is 0 Å². The molecule has 0 aromatic heterocycles. The topological polar surface area (TPSA) is 116 Å². The first-order valence-electron chi connectivity index (χ1n) is 11.0. The normalized spacial score (nSPS) is 13.6. The van der Waals surface area contributed by atoms with Crippen molar-refractivity contribution < 1.29 is 29.3 Å². The first kappa shape index (κ1) is 24.3. The summed E-state index contributed by atoms with van der Waals surface area (Å²) in [6.07, 6.45) is -2.17. The summed E-state index contributed by atoms with van der Waals surface area (Å²) in [5.74, 6) is -1.72. The van der Waals surface area contributed by atoms with Crippen molar-refractivity contribution in [2.24, 2.45) is 0 Å². The zero-order valence-corrected chi connectivity index (χ0v) is 19.1. The number of aliphatic hydroxyl groups is 1. The number of benzene rings is 2. The number of hydrogen-bond donors (Lipinski definition) is 3. The number of nitrogens with one attached hydrogen (secondary N) is 1. The summed E-state index contributed by atoms with van der Waals surface area (Å²) in [5.41, 5.74) is 3.04. The maximum absolute atomic E-state index is 12.5. The zero-order valence-electron chi connectivity index (χ0n) is 19.1. The van der Waals surface area contributed by atoms with Crippen LogP contribution in [0.5, 0.6) is 0 Å². The van der Waals surface area contributed by atoms with Crippen molar-refractivity contribution in [1.29, 1.82) is 0 Å². The Bertz CT molecular complexity index is 990. The predicted octanol–water partition coefficient (Wildman–Crippen LogP) is 2.99. The molecule has 0 aliphatic heterocycles. The molecule has 0 radical (unpaired) electrons. The number of carbonyl (C=O) groups excluding carboxylic acids is 2. The number of carboxylic acids is 1. The highest BCUT2D eigenvalue weighted by Crippen LogP contribution is 2.44. The summed E-state index contributed by atoms with van der Waals surface area (Å²) in [5, 5.41) is 22.0. The SMILES string of the molecule is CCN(C(=O)CC(O)CNC(=O)OCC1c2ccccc2-c2ccccc21)C(C)(C)C(=O)O. The summed E-state index contributed by atoms with van der Waals surface area (Å²) < 4.78 is 5.42. The van der Waals surface area contributed by atoms with E-state index in [4.69, 9.17) is 4.74 Å². The van der Waals surface area contributed by atoms with Crippen molar-refractivity contribution in [3.63, 3.8) is 0 Å². The average molecular weight is 455 g/mol. The maximum Gasteiger partial charge on any atom is 0.407 e. The van der Waals surface area contributed by atoms with Gasteiger partial charge in [-0.05, 0) is 43.0 Å². The number of aliphatic carboxylic acids is 1. The van der Waals surface area contributed by atoms with Gasteiger partial charge in [-0.2, -0.15) is 0 Å². The van der Waals surface area contributed by atoms with E-state index in [2.05, 4.69) is 5.32 Å². The second kappa shape index (κ2) is 10.0. The van der Waals surface area contributed by atoms with E-state index in [1.165, 1.54) is 18.7 Å². The van der Waals surface area contributed by atoms with Crippen LogP contribution in [0, 0.1) is 0 Å². The third-order valence-electron chi connectivity index (χ3n) is 6.05. The molecule has 0 fully saturated rings. The van der Waals surface area contributed by atoms with Crippen molar-refractivity contribution in [2.75, 3.05) is 19.7 Å². The number of ether oxygens (including phenoxy) is 1. The van der Waals surface area contributed by atoms with E-state index in [0.29, 0.717) is 0 Å². The highest BCUT2D eigenvalue weighted by atomic mass is 16.5. The van der Waals surface area contributed by atoms with E-state index >= 15 is 0 Å². The fourth-order valence-corrected chi connectivity index (χ4v) is 4.23. The quantitative estimate of drug-likeness (QED) is 0.536. The van der Waals surface area contributed by atoms with Crippen LogP contribution in [0.25, 0.3) is 11.1 Å². The smallest absolute Gasteiger partial charge is 0.407 e. The van der Waals surface area contributed by atoms with Gasteiger partial charge in [-0.25, -0.2) is 9.59 Å². The van der Waals surface area contributed by atoms with Crippen LogP contribution < -0.4 is 5.32 Å². The third-order valence-corrected chi connectivity index (χ3v) is 6.05. The molecule has 0 spiro atoms. The molecule has 176 valence electrons. The molecule has 8 nitrogen and oxygen atoms in total. The van der Waals surface area contributed by atoms with E-state index in [0.717, 1.165) is 22.3 Å². The number of likely N-dealkylation sites (N-methyl/N-ethyl adjacent to an activating group) is 1. The second-order valence-electron chi connectivity index (χ2n) is 8.57. The Kier molecular flexibility index (Phi) is 7.38. The number of aliphatic hydroxyl groups excluding tert-OH is 1. The van der Waals surface area contributed by atoms with Crippen molar-refractivity contribution >= 4 is 18.0 Å². The predicted molar refractivity (Wildman–Crippen MR) is 123 cm³/mol. The van der Waals surface area contributed by atoms with Crippen LogP contribution in [-0.4, -0.2) is 64.4 Å². The van der Waals surface area contributed by atoms with Crippen molar-refractivity contribution in [2.45, 2.75) is 44.8 Å². The molecule has 1 unspecified atom stereocenters. The molecule has 0 heterocycles. The van der Waals surface area contributed by atoms with Gasteiger partial charge in [0.15, 0.2) is 0 Å². The number of carboxylic acid groups (broad SMARTS) is 1. The molecule has 8 heteroatoms. The number of alkyl carbamates (subject to hydrolysis) is 1. The largest absolute Gasteiger partial charge is 0.480 e. The Labute approximate surface area is 193 Å². The van der Waals surface area contributed by atoms with Crippen molar-refractivity contribution in [3.8, 4) is 11.1 Å². The van der Waals surface area contributed by atoms with Crippen LogP contribution in [0.2, 0.25) is 0 Å². The minimum Gasteiger partial charge on any atom is -0.480 e. The Hall–Kier alpha value is -3.39. The number of hydrogen-bond acceptors (Lipinski definition) is 5. The van der Waals surface area contributed by atoms with Crippen LogP contribution in [0.15, 0.2) is 48.5 Å². The highest BCUT2D eigenvalue weighted by molar-refractivity contribution is 5.86. The first-order valence-corrected chi connectivity index (χ1v) is 11.0. The van der Waals surface area contributed by atoms with E-state index in [-0.39, 0.29) is 32.0 Å². The molecule has 0 saturated heterocycles. The molecular formula is C25H30N2O6. The summed E-state index contributed by atoms with van der Waals surface area (Å²) in [6.45, 7) is 4.67. The van der Waals surface area contributed by atoms with Gasteiger partial charge in [0.25, 0.3) is 0 Å². The van der Waals surface area contributed by atoms with Crippen molar-refractivity contribution in [1.82, 2.24) is 10.2 Å². The third kappa shape index (κ3) is 5.17. The Morgan fingerprint density at radius 1 is 1.06 bits per heavy atom. The maximum atomic E-state index is 12.5. The molecule has 1 atom stereocenters. The minimum atomic E-state index is -1.40. The van der Waals surface area contributed by atoms with Gasteiger partial charge in [0.2, 0.25) is 5.91 Å². The highest BCUT2D eigenvalue weighted by Gasteiger charge is 2.37. The zero-order chi connectivity index (χ0) is 24.2. The van der Waals surface area contributed by atoms with Crippen LogP contribution in [0.1, 0.15) is 44.2 Å². The summed E-state index contributed by atoms with van der Waals surface area (Å²) in [6, 6.07) is 16.0. The Morgan fingerprint density at radius 3 is 2.12 bits per heavy atom. The van der Waals surface area contributed by atoms with E-state index in [9.17, 15) is 24.6 Å². The minimum absolute atomic E-state index is 0.0778. The second-order valence-corrected chi connectivity index (χ2v) is 8.57. The lowest BCUT2D eigenvalue weighted by Crippen LogP contribution is -2.53. The molecule has 3 rings (SSSR count). The van der Waals surface area contributed by atoms with Crippen LogP contribution >= 0.6 is 0 Å². The average Bonchev–Trinajstić information content (AvgIpc) is 3.10. The monoisotopic (exact) mass is 454 g/mol. The number of nitrogens with zero attached hydrogens (tertiary/aromatic N) is 1. The molecule has 1 aliphatic rings. The molecule has 2 aromatic carbocycles. The van der Waals surface area contributed by atoms with Gasteiger partial charge in [-0.3, -0.25) is 4.79 Å². The molecular weight excluding hydrogens is 424 g/mol. The lowest BCUT2D eigenvalue weighted by molar-refractivity contribution is -0.157. The van der Waals surface area contributed by atoms with Crippen molar-refractivity contribution in [3.05, 3.63) is 59.7 Å². The standard InChI is InChI=1S/C25H30N2O6/c1-4-27(25(2,3)23(30)31)22(29)13-16(28)14-26-24(32)33-15-21-19-11-7-5-9-17(19)18-10-6-8-12-20(18)21/h5-12,16,21,28H,4,13-15H2,1-3H3,(H,26,32)(H,30,31). The Morgan fingerprint density at radius 2 is 1.61 bits per heavy atom. The van der Waals surface area contributed by atoms with E-state index < -0.39 is 29.6 Å². The number of rotatable bonds is 9. The summed E-state index contributed by atoms with van der Waals surface area (Å²) in [4.78, 5) is 37.3. The van der Waals surface area contributed by atoms with Gasteiger partial charge in [-0.1, -0.05) is 48.5 Å². The lowest BCUT2D eigenvalue weighted by Gasteiger charge is -2.34. The van der Waals surface area contributed by atoms with Gasteiger partial charge in [0, 0.05) is 19.0 Å². The van der Waals surface area contributed by atoms with Gasteiger partial charge in [0.05, 0.1) is 12.5 Å². The molecule has 1 aliphatic carbocycles. The summed E-state index contributed by atoms with van der Waals surface area (Å²) in [7, 11) is 0. The number of fused-ring (bicyclic) bond motifs is 3. The molecule has 2 amide bonds. The summed E-state index contributed by atoms with van der Waals surface area (Å²) >= 11 is 0. The lowest BCUT2D eigenvalue weighted by atomic mass is 9.98. The molecule has 33 heavy (non-hydrogen) atoms.